The molecule has 1 atom stereocenters. The average molecular weight is 383 g/mol. The SMILES string of the molecule is CC(=O)O.CC(=O)O.CC1CN(CCCCOCc2ccccc2)CCN1. The highest BCUT2D eigenvalue weighted by Crippen LogP contribution is 2.04. The summed E-state index contributed by atoms with van der Waals surface area (Å²) in [6, 6.07) is 11.0. The highest BCUT2D eigenvalue weighted by molar-refractivity contribution is 5.63. The lowest BCUT2D eigenvalue weighted by molar-refractivity contribution is -0.135. The van der Waals surface area contributed by atoms with Crippen LogP contribution in [0.5, 0.6) is 0 Å². The van der Waals surface area contributed by atoms with E-state index in [9.17, 15) is 0 Å². The molecule has 0 amide bonds. The molecule has 1 aliphatic rings. The smallest absolute Gasteiger partial charge is 0.300 e. The van der Waals surface area contributed by atoms with E-state index in [2.05, 4.69) is 41.4 Å². The number of nitrogens with one attached hydrogen (secondary N) is 1. The Morgan fingerprint density at radius 2 is 1.74 bits per heavy atom. The van der Waals surface area contributed by atoms with E-state index in [1.807, 2.05) is 6.07 Å². The molecule has 27 heavy (non-hydrogen) atoms. The first kappa shape index (κ1) is 25.0. The summed E-state index contributed by atoms with van der Waals surface area (Å²) < 4.78 is 5.70. The van der Waals surface area contributed by atoms with E-state index >= 15 is 0 Å². The van der Waals surface area contributed by atoms with Gasteiger partial charge in [-0.2, -0.15) is 0 Å². The second-order valence-corrected chi connectivity index (χ2v) is 6.44. The van der Waals surface area contributed by atoms with Crippen LogP contribution < -0.4 is 5.32 Å². The van der Waals surface area contributed by atoms with Gasteiger partial charge in [0.05, 0.1) is 6.61 Å². The minimum Gasteiger partial charge on any atom is -0.481 e. The molecule has 0 bridgehead atoms. The van der Waals surface area contributed by atoms with Crippen LogP contribution in [0.25, 0.3) is 0 Å². The van der Waals surface area contributed by atoms with Crippen molar-refractivity contribution in [3.8, 4) is 0 Å². The Morgan fingerprint density at radius 1 is 1.15 bits per heavy atom. The molecule has 2 rings (SSSR count). The molecule has 7 nitrogen and oxygen atoms in total. The van der Waals surface area contributed by atoms with Gasteiger partial charge in [-0.05, 0) is 31.9 Å². The van der Waals surface area contributed by atoms with Crippen molar-refractivity contribution in [1.82, 2.24) is 10.2 Å². The van der Waals surface area contributed by atoms with Crippen LogP contribution in [0.15, 0.2) is 30.3 Å². The molecule has 1 aromatic rings. The zero-order valence-corrected chi connectivity index (χ0v) is 16.7. The van der Waals surface area contributed by atoms with Gasteiger partial charge in [0.15, 0.2) is 0 Å². The van der Waals surface area contributed by atoms with Crippen LogP contribution in [0.2, 0.25) is 0 Å². The first-order valence-electron chi connectivity index (χ1n) is 9.27. The van der Waals surface area contributed by atoms with Crippen molar-refractivity contribution in [1.29, 1.82) is 0 Å². The number of carboxylic acids is 2. The third-order valence-electron chi connectivity index (χ3n) is 3.58. The van der Waals surface area contributed by atoms with E-state index in [1.54, 1.807) is 0 Å². The van der Waals surface area contributed by atoms with Gasteiger partial charge in [-0.25, -0.2) is 0 Å². The third kappa shape index (κ3) is 18.6. The highest BCUT2D eigenvalue weighted by atomic mass is 16.5. The monoisotopic (exact) mass is 382 g/mol. The van der Waals surface area contributed by atoms with Gasteiger partial charge in [0, 0.05) is 46.1 Å². The van der Waals surface area contributed by atoms with Crippen LogP contribution in [0.4, 0.5) is 0 Å². The van der Waals surface area contributed by atoms with Crippen molar-refractivity contribution < 1.29 is 24.5 Å². The molecule has 1 saturated heterocycles. The Morgan fingerprint density at radius 3 is 2.30 bits per heavy atom. The van der Waals surface area contributed by atoms with E-state index in [0.29, 0.717) is 6.04 Å². The topological polar surface area (TPSA) is 99.1 Å². The minimum atomic E-state index is -0.833. The zero-order valence-electron chi connectivity index (χ0n) is 16.7. The molecular formula is C20H34N2O5. The van der Waals surface area contributed by atoms with Gasteiger partial charge in [0.2, 0.25) is 0 Å². The molecule has 0 spiro atoms. The van der Waals surface area contributed by atoms with E-state index in [4.69, 9.17) is 24.5 Å². The van der Waals surface area contributed by atoms with Crippen molar-refractivity contribution in [2.24, 2.45) is 0 Å². The molecular weight excluding hydrogens is 348 g/mol. The van der Waals surface area contributed by atoms with Gasteiger partial charge in [-0.15, -0.1) is 0 Å². The quantitative estimate of drug-likeness (QED) is 0.623. The fourth-order valence-electron chi connectivity index (χ4n) is 2.52. The van der Waals surface area contributed by atoms with E-state index in [-0.39, 0.29) is 0 Å². The molecule has 7 heteroatoms. The average Bonchev–Trinajstić information content (AvgIpc) is 2.58. The number of hydrogen-bond acceptors (Lipinski definition) is 5. The summed E-state index contributed by atoms with van der Waals surface area (Å²) in [5, 5.41) is 18.3. The number of benzene rings is 1. The second kappa shape index (κ2) is 16.2. The van der Waals surface area contributed by atoms with E-state index in [0.717, 1.165) is 40.0 Å². The summed E-state index contributed by atoms with van der Waals surface area (Å²) >= 11 is 0. The zero-order chi connectivity index (χ0) is 20.5. The van der Waals surface area contributed by atoms with Crippen molar-refractivity contribution in [3.63, 3.8) is 0 Å². The standard InChI is InChI=1S/C16H26N2O.2C2H4O2/c1-15-13-18(11-9-17-15)10-5-6-12-19-14-16-7-3-2-4-8-16;2*1-2(3)4/h2-4,7-8,15,17H,5-6,9-14H2,1H3;2*1H3,(H,3,4). The fourth-order valence-corrected chi connectivity index (χ4v) is 2.52. The molecule has 1 unspecified atom stereocenters. The number of piperazine rings is 1. The number of rotatable bonds is 7. The predicted molar refractivity (Wildman–Crippen MR) is 106 cm³/mol. The predicted octanol–water partition coefficient (Wildman–Crippen LogP) is 2.46. The summed E-state index contributed by atoms with van der Waals surface area (Å²) in [6.45, 7) is 10.8. The van der Waals surface area contributed by atoms with Crippen LogP contribution >= 0.6 is 0 Å². The Balaban J connectivity index is 0.000000718. The van der Waals surface area contributed by atoms with Gasteiger partial charge in [-0.3, -0.25) is 9.59 Å². The lowest BCUT2D eigenvalue weighted by Crippen LogP contribution is -2.49. The number of ether oxygens (including phenoxy) is 1. The van der Waals surface area contributed by atoms with Gasteiger partial charge in [0.1, 0.15) is 0 Å². The summed E-state index contributed by atoms with van der Waals surface area (Å²) in [5.74, 6) is -1.67. The number of nitrogens with zero attached hydrogens (tertiary/aromatic N) is 1. The summed E-state index contributed by atoms with van der Waals surface area (Å²) in [7, 11) is 0. The molecule has 154 valence electrons. The Kier molecular flexibility index (Phi) is 15.1. The Hall–Kier alpha value is -1.96. The number of carboxylic acid groups (broad SMARTS) is 2. The minimum absolute atomic E-state index is 0.642. The molecule has 0 aliphatic carbocycles. The Bertz CT molecular complexity index is 490. The van der Waals surface area contributed by atoms with Crippen molar-refractivity contribution >= 4 is 11.9 Å². The Labute approximate surface area is 162 Å². The van der Waals surface area contributed by atoms with Crippen molar-refractivity contribution in [2.45, 2.75) is 46.3 Å². The van der Waals surface area contributed by atoms with E-state index in [1.165, 1.54) is 31.6 Å². The summed E-state index contributed by atoms with van der Waals surface area (Å²) in [4.78, 5) is 20.6. The largest absolute Gasteiger partial charge is 0.481 e. The highest BCUT2D eigenvalue weighted by Gasteiger charge is 2.14. The number of carbonyl (C=O) groups is 2. The summed E-state index contributed by atoms with van der Waals surface area (Å²) in [6.07, 6.45) is 2.40. The van der Waals surface area contributed by atoms with Gasteiger partial charge >= 0.3 is 0 Å². The molecule has 1 aliphatic heterocycles. The van der Waals surface area contributed by atoms with Crippen LogP contribution in [-0.2, 0) is 20.9 Å². The molecule has 1 aromatic carbocycles. The van der Waals surface area contributed by atoms with Crippen LogP contribution in [0, 0.1) is 0 Å². The van der Waals surface area contributed by atoms with Gasteiger partial charge < -0.3 is 25.2 Å². The molecule has 0 aromatic heterocycles. The molecule has 0 saturated carbocycles. The maximum absolute atomic E-state index is 9.00. The maximum Gasteiger partial charge on any atom is 0.300 e. The molecule has 3 N–H and O–H groups in total. The third-order valence-corrected chi connectivity index (χ3v) is 3.58. The normalized spacial score (nSPS) is 16.3. The van der Waals surface area contributed by atoms with E-state index < -0.39 is 11.9 Å². The molecule has 0 radical (unpaired) electrons. The lowest BCUT2D eigenvalue weighted by atomic mass is 10.2. The number of aliphatic carboxylic acids is 2. The number of unbranched alkanes of at least 4 members (excludes halogenated alkanes) is 1. The summed E-state index contributed by atoms with van der Waals surface area (Å²) in [5.41, 5.74) is 1.26. The van der Waals surface area contributed by atoms with Gasteiger partial charge in [0.25, 0.3) is 11.9 Å². The van der Waals surface area contributed by atoms with Gasteiger partial charge in [-0.1, -0.05) is 30.3 Å². The van der Waals surface area contributed by atoms with Crippen molar-refractivity contribution in [2.75, 3.05) is 32.8 Å². The first-order chi connectivity index (χ1) is 12.8. The molecule has 1 heterocycles. The van der Waals surface area contributed by atoms with Crippen LogP contribution in [-0.4, -0.2) is 65.9 Å². The second-order valence-electron chi connectivity index (χ2n) is 6.44. The van der Waals surface area contributed by atoms with Crippen LogP contribution in [0.3, 0.4) is 0 Å². The number of hydrogen-bond donors (Lipinski definition) is 3. The lowest BCUT2D eigenvalue weighted by Gasteiger charge is -2.31. The molecule has 1 fully saturated rings. The van der Waals surface area contributed by atoms with Crippen molar-refractivity contribution in [3.05, 3.63) is 35.9 Å². The van der Waals surface area contributed by atoms with Crippen LogP contribution in [0.1, 0.15) is 39.2 Å². The maximum atomic E-state index is 9.00. The fraction of sp³-hybridized carbons (Fsp3) is 0.600. The first-order valence-corrected chi connectivity index (χ1v) is 9.27.